The number of oxazole rings is 2. The topological polar surface area (TPSA) is 94.1 Å². The molecule has 2 aromatic carbocycles. The van der Waals surface area contributed by atoms with Gasteiger partial charge in [-0.25, -0.2) is 9.97 Å². The number of aryl methyl sites for hydroxylation is 1. The Morgan fingerprint density at radius 3 is 2.47 bits per heavy atom. The van der Waals surface area contributed by atoms with Gasteiger partial charge in [0.2, 0.25) is 11.8 Å². The number of methoxy groups -OCH3 is 1. The monoisotopic (exact) mass is 594 g/mol. The number of carbonyl (C=O) groups excluding carboxylic acids is 1. The van der Waals surface area contributed by atoms with Crippen LogP contribution >= 0.6 is 0 Å². The summed E-state index contributed by atoms with van der Waals surface area (Å²) in [7, 11) is 1.35. The van der Waals surface area contributed by atoms with Crippen LogP contribution in [0.5, 0.6) is 5.75 Å². The van der Waals surface area contributed by atoms with Crippen molar-refractivity contribution in [2.24, 2.45) is 0 Å². The number of esters is 1. The molecule has 0 amide bonds. The zero-order valence-corrected chi connectivity index (χ0v) is 24.9. The molecule has 4 aromatic rings. The SMILES string of the molecule is COC(=O)[C@@H]1CCCN1Cc1cc2nc(-c3cccc(-c4nc(C)c(C(C)N5CCCC5)o4)c3C)oc2cc1OC(F)F. The third kappa shape index (κ3) is 5.75. The first-order valence-corrected chi connectivity index (χ1v) is 14.8. The summed E-state index contributed by atoms with van der Waals surface area (Å²) in [5.41, 5.74) is 4.61. The Labute approximate surface area is 248 Å². The average Bonchev–Trinajstić information content (AvgIpc) is 3.79. The predicted molar refractivity (Wildman–Crippen MR) is 156 cm³/mol. The van der Waals surface area contributed by atoms with Crippen molar-refractivity contribution in [3.8, 4) is 28.7 Å². The highest BCUT2D eigenvalue weighted by molar-refractivity contribution is 5.81. The molecule has 0 N–H and O–H groups in total. The molecular formula is C32H36F2N4O5. The molecule has 0 radical (unpaired) electrons. The van der Waals surface area contributed by atoms with E-state index in [1.165, 1.54) is 26.0 Å². The lowest BCUT2D eigenvalue weighted by Gasteiger charge is -2.23. The summed E-state index contributed by atoms with van der Waals surface area (Å²) in [5, 5.41) is 0. The molecule has 43 heavy (non-hydrogen) atoms. The van der Waals surface area contributed by atoms with Crippen molar-refractivity contribution >= 4 is 17.1 Å². The van der Waals surface area contributed by atoms with Crippen molar-refractivity contribution in [3.05, 3.63) is 52.9 Å². The maximum atomic E-state index is 13.4. The molecule has 0 saturated carbocycles. The number of carbonyl (C=O) groups is 1. The molecule has 9 nitrogen and oxygen atoms in total. The lowest BCUT2D eigenvalue weighted by atomic mass is 10.0. The number of rotatable bonds is 9. The van der Waals surface area contributed by atoms with Gasteiger partial charge in [0.15, 0.2) is 5.58 Å². The molecule has 0 aliphatic carbocycles. The van der Waals surface area contributed by atoms with Crippen LogP contribution in [0.15, 0.2) is 39.2 Å². The fourth-order valence-corrected chi connectivity index (χ4v) is 6.38. The van der Waals surface area contributed by atoms with Crippen LogP contribution in [0.2, 0.25) is 0 Å². The number of ether oxygens (including phenoxy) is 2. The van der Waals surface area contributed by atoms with Crippen molar-refractivity contribution in [3.63, 3.8) is 0 Å². The predicted octanol–water partition coefficient (Wildman–Crippen LogP) is 6.66. The zero-order chi connectivity index (χ0) is 30.2. The Bertz CT molecular complexity index is 1630. The number of benzene rings is 2. The van der Waals surface area contributed by atoms with Gasteiger partial charge in [0, 0.05) is 29.3 Å². The number of aromatic nitrogens is 2. The van der Waals surface area contributed by atoms with Crippen molar-refractivity contribution in [2.45, 2.75) is 71.7 Å². The highest BCUT2D eigenvalue weighted by Gasteiger charge is 2.32. The standard InChI is InChI=1S/C32H36F2N4O5/c1-18-22(29-35-19(2)28(43-29)20(3)37-12-5-6-13-37)9-7-10-23(18)30-36-24-15-21(26(42-32(33)34)16-27(24)41-30)17-38-14-8-11-25(38)31(39)40-4/h7,9-10,15-16,20,25,32H,5-6,8,11-14,17H2,1-4H3/t20?,25-/m0/s1. The van der Waals surface area contributed by atoms with E-state index in [1.54, 1.807) is 6.07 Å². The number of hydrogen-bond acceptors (Lipinski definition) is 9. The van der Waals surface area contributed by atoms with Gasteiger partial charge in [-0.2, -0.15) is 8.78 Å². The largest absolute Gasteiger partial charge is 0.468 e. The van der Waals surface area contributed by atoms with E-state index in [2.05, 4.69) is 11.8 Å². The highest BCUT2D eigenvalue weighted by Crippen LogP contribution is 2.37. The summed E-state index contributed by atoms with van der Waals surface area (Å²) in [6, 6.07) is 8.59. The van der Waals surface area contributed by atoms with E-state index >= 15 is 0 Å². The second-order valence-electron chi connectivity index (χ2n) is 11.3. The van der Waals surface area contributed by atoms with E-state index in [0.717, 1.165) is 47.7 Å². The Hall–Kier alpha value is -3.83. The number of halogens is 2. The van der Waals surface area contributed by atoms with Crippen LogP contribution < -0.4 is 4.74 Å². The molecule has 2 aliphatic heterocycles. The third-order valence-corrected chi connectivity index (χ3v) is 8.69. The van der Waals surface area contributed by atoms with Gasteiger partial charge in [-0.05, 0) is 89.9 Å². The van der Waals surface area contributed by atoms with Crippen molar-refractivity contribution < 1.29 is 31.9 Å². The number of nitrogens with zero attached hydrogens (tertiary/aromatic N) is 4. The molecule has 6 rings (SSSR count). The Kier molecular flexibility index (Phi) is 8.19. The van der Waals surface area contributed by atoms with E-state index in [4.69, 9.17) is 28.3 Å². The number of fused-ring (bicyclic) bond motifs is 1. The number of hydrogen-bond donors (Lipinski definition) is 0. The zero-order valence-electron chi connectivity index (χ0n) is 24.9. The fraction of sp³-hybridized carbons (Fsp3) is 0.469. The van der Waals surface area contributed by atoms with Crippen LogP contribution in [0, 0.1) is 13.8 Å². The summed E-state index contributed by atoms with van der Waals surface area (Å²) in [6.45, 7) is 6.05. The van der Waals surface area contributed by atoms with E-state index in [-0.39, 0.29) is 24.3 Å². The minimum Gasteiger partial charge on any atom is -0.468 e. The third-order valence-electron chi connectivity index (χ3n) is 8.69. The van der Waals surface area contributed by atoms with Crippen molar-refractivity contribution in [1.29, 1.82) is 0 Å². The molecule has 228 valence electrons. The molecule has 0 spiro atoms. The van der Waals surface area contributed by atoms with Gasteiger partial charge in [-0.15, -0.1) is 0 Å². The Morgan fingerprint density at radius 2 is 1.77 bits per heavy atom. The molecule has 2 aromatic heterocycles. The fourth-order valence-electron chi connectivity index (χ4n) is 6.38. The Morgan fingerprint density at radius 1 is 1.05 bits per heavy atom. The van der Waals surface area contributed by atoms with Gasteiger partial charge in [0.1, 0.15) is 23.1 Å². The molecule has 4 heterocycles. The maximum Gasteiger partial charge on any atom is 0.387 e. The minimum absolute atomic E-state index is 0.0129. The van der Waals surface area contributed by atoms with Crippen LogP contribution in [0.4, 0.5) is 8.78 Å². The van der Waals surface area contributed by atoms with Gasteiger partial charge in [0.25, 0.3) is 0 Å². The second-order valence-corrected chi connectivity index (χ2v) is 11.3. The first-order valence-electron chi connectivity index (χ1n) is 14.8. The molecule has 11 heteroatoms. The van der Waals surface area contributed by atoms with Crippen LogP contribution in [-0.2, 0) is 16.1 Å². The smallest absolute Gasteiger partial charge is 0.387 e. The van der Waals surface area contributed by atoms with Crippen molar-refractivity contribution in [1.82, 2.24) is 19.8 Å². The van der Waals surface area contributed by atoms with Gasteiger partial charge in [-0.1, -0.05) is 6.07 Å². The molecular weight excluding hydrogens is 558 g/mol. The summed E-state index contributed by atoms with van der Waals surface area (Å²) in [5.74, 6) is 1.40. The first-order chi connectivity index (χ1) is 20.7. The lowest BCUT2D eigenvalue weighted by molar-refractivity contribution is -0.146. The molecule has 2 aliphatic rings. The Balaban J connectivity index is 1.33. The minimum atomic E-state index is -3.02. The maximum absolute atomic E-state index is 13.4. The molecule has 2 saturated heterocycles. The molecule has 0 bridgehead atoms. The van der Waals surface area contributed by atoms with Crippen molar-refractivity contribution in [2.75, 3.05) is 26.7 Å². The van der Waals surface area contributed by atoms with Crippen LogP contribution in [0.25, 0.3) is 34.0 Å². The summed E-state index contributed by atoms with van der Waals surface area (Å²) in [4.78, 5) is 26.1. The number of likely N-dealkylation sites (tertiary alicyclic amines) is 2. The first kappa shape index (κ1) is 29.3. The summed E-state index contributed by atoms with van der Waals surface area (Å²) in [6.07, 6.45) is 3.84. The number of alkyl halides is 2. The second kappa shape index (κ2) is 12.0. The van der Waals surface area contributed by atoms with Crippen LogP contribution in [0.1, 0.15) is 61.2 Å². The highest BCUT2D eigenvalue weighted by atomic mass is 19.3. The summed E-state index contributed by atoms with van der Waals surface area (Å²) < 4.78 is 49.1. The summed E-state index contributed by atoms with van der Waals surface area (Å²) >= 11 is 0. The molecule has 2 fully saturated rings. The normalized spacial score (nSPS) is 18.6. The van der Waals surface area contributed by atoms with Gasteiger partial charge in [-0.3, -0.25) is 14.6 Å². The van der Waals surface area contributed by atoms with Crippen LogP contribution in [0.3, 0.4) is 0 Å². The molecule has 1 unspecified atom stereocenters. The van der Waals surface area contributed by atoms with Crippen LogP contribution in [-0.4, -0.2) is 65.1 Å². The quantitative estimate of drug-likeness (QED) is 0.197. The average molecular weight is 595 g/mol. The van der Waals surface area contributed by atoms with E-state index in [0.29, 0.717) is 41.4 Å². The molecule has 2 atom stereocenters. The van der Waals surface area contributed by atoms with E-state index in [9.17, 15) is 13.6 Å². The van der Waals surface area contributed by atoms with Gasteiger partial charge >= 0.3 is 12.6 Å². The van der Waals surface area contributed by atoms with Gasteiger partial charge in [0.05, 0.1) is 18.8 Å². The van der Waals surface area contributed by atoms with E-state index in [1.807, 2.05) is 36.9 Å². The van der Waals surface area contributed by atoms with Gasteiger partial charge < -0.3 is 18.3 Å². The lowest BCUT2D eigenvalue weighted by Crippen LogP contribution is -2.36. The van der Waals surface area contributed by atoms with E-state index < -0.39 is 12.7 Å².